The van der Waals surface area contributed by atoms with Crippen molar-refractivity contribution in [3.63, 3.8) is 0 Å². The summed E-state index contributed by atoms with van der Waals surface area (Å²) < 4.78 is 15.4. The van der Waals surface area contributed by atoms with Crippen LogP contribution in [0.4, 0.5) is 4.39 Å². The largest absolute Gasteiger partial charge is 0.291 e. The predicted octanol–water partition coefficient (Wildman–Crippen LogP) is 3.68. The Morgan fingerprint density at radius 3 is 2.59 bits per heavy atom. The minimum atomic E-state index is -0.772. The highest BCUT2D eigenvalue weighted by molar-refractivity contribution is 5.89. The van der Waals surface area contributed by atoms with Crippen LogP contribution in [-0.4, -0.2) is 9.55 Å². The molecule has 4 rings (SSSR count). The highest BCUT2D eigenvalue weighted by atomic mass is 19.1. The number of rotatable bonds is 1. The fraction of sp³-hybridized carbons (Fsp3) is 0. The van der Waals surface area contributed by atoms with Crippen molar-refractivity contribution in [2.24, 2.45) is 0 Å². The zero-order valence-electron chi connectivity index (χ0n) is 11.5. The van der Waals surface area contributed by atoms with Gasteiger partial charge < -0.3 is 0 Å². The molecule has 106 valence electrons. The van der Waals surface area contributed by atoms with Gasteiger partial charge in [-0.3, -0.25) is 14.3 Å². The molecule has 0 aliphatic rings. The molecule has 0 aliphatic heterocycles. The van der Waals surface area contributed by atoms with E-state index in [2.05, 4.69) is 4.98 Å². The molecule has 0 spiro atoms. The van der Waals surface area contributed by atoms with Crippen molar-refractivity contribution in [3.8, 4) is 5.69 Å². The van der Waals surface area contributed by atoms with Crippen LogP contribution < -0.4 is 5.56 Å². The number of nitrogens with zero attached hydrogens (tertiary/aromatic N) is 2. The Morgan fingerprint density at radius 2 is 1.68 bits per heavy atom. The number of halogens is 1. The van der Waals surface area contributed by atoms with Gasteiger partial charge in [0.25, 0.3) is 5.56 Å². The molecule has 0 saturated heterocycles. The maximum absolute atomic E-state index is 14.0. The standard InChI is InChI=1S/C18H11FN2O/c19-14-11-13-5-1-2-8-15(13)21(18(14)22)16-9-3-6-12-7-4-10-20-17(12)16/h1-11H. The van der Waals surface area contributed by atoms with Crippen LogP contribution in [0.5, 0.6) is 0 Å². The van der Waals surface area contributed by atoms with Crippen LogP contribution in [0.1, 0.15) is 0 Å². The first-order chi connectivity index (χ1) is 10.8. The number of para-hydroxylation sites is 2. The van der Waals surface area contributed by atoms with E-state index in [9.17, 15) is 9.18 Å². The molecular formula is C18H11FN2O. The van der Waals surface area contributed by atoms with Gasteiger partial charge in [0.15, 0.2) is 5.82 Å². The van der Waals surface area contributed by atoms with E-state index in [-0.39, 0.29) is 0 Å². The lowest BCUT2D eigenvalue weighted by atomic mass is 10.1. The van der Waals surface area contributed by atoms with Crippen LogP contribution in [0.2, 0.25) is 0 Å². The van der Waals surface area contributed by atoms with Crippen LogP contribution in [-0.2, 0) is 0 Å². The molecule has 0 aliphatic carbocycles. The van der Waals surface area contributed by atoms with E-state index in [1.54, 1.807) is 24.4 Å². The molecule has 0 radical (unpaired) electrons. The topological polar surface area (TPSA) is 34.9 Å². The third-order valence-electron chi connectivity index (χ3n) is 3.72. The molecule has 4 aromatic rings. The minimum absolute atomic E-state index is 0.582. The van der Waals surface area contributed by atoms with Crippen molar-refractivity contribution in [1.29, 1.82) is 0 Å². The molecule has 0 bridgehead atoms. The average molecular weight is 290 g/mol. The molecule has 3 nitrogen and oxygen atoms in total. The van der Waals surface area contributed by atoms with Crippen LogP contribution in [0.25, 0.3) is 27.5 Å². The maximum Gasteiger partial charge on any atom is 0.291 e. The number of fused-ring (bicyclic) bond motifs is 2. The molecule has 0 unspecified atom stereocenters. The van der Waals surface area contributed by atoms with Crippen molar-refractivity contribution >= 4 is 21.8 Å². The second-order valence-electron chi connectivity index (χ2n) is 5.04. The summed E-state index contributed by atoms with van der Waals surface area (Å²) in [5.41, 5.74) is 1.24. The van der Waals surface area contributed by atoms with Gasteiger partial charge in [-0.25, -0.2) is 4.39 Å². The fourth-order valence-corrected chi connectivity index (χ4v) is 2.74. The molecule has 2 aromatic heterocycles. The molecular weight excluding hydrogens is 279 g/mol. The van der Waals surface area contributed by atoms with Gasteiger partial charge in [0.05, 0.1) is 16.7 Å². The second-order valence-corrected chi connectivity index (χ2v) is 5.04. The van der Waals surface area contributed by atoms with Crippen molar-refractivity contribution in [2.45, 2.75) is 0 Å². The Balaban J connectivity index is 2.22. The first-order valence-electron chi connectivity index (χ1n) is 6.90. The Hall–Kier alpha value is -3.01. The Labute approximate surface area is 125 Å². The number of hydrogen-bond acceptors (Lipinski definition) is 2. The van der Waals surface area contributed by atoms with Gasteiger partial charge in [0, 0.05) is 17.0 Å². The first kappa shape index (κ1) is 12.7. The van der Waals surface area contributed by atoms with Gasteiger partial charge in [0.1, 0.15) is 0 Å². The summed E-state index contributed by atoms with van der Waals surface area (Å²) in [7, 11) is 0. The monoisotopic (exact) mass is 290 g/mol. The molecule has 2 aromatic carbocycles. The van der Waals surface area contributed by atoms with E-state index in [1.165, 1.54) is 10.6 Å². The third-order valence-corrected chi connectivity index (χ3v) is 3.72. The van der Waals surface area contributed by atoms with Gasteiger partial charge >= 0.3 is 0 Å². The highest BCUT2D eigenvalue weighted by Crippen LogP contribution is 2.23. The summed E-state index contributed by atoms with van der Waals surface area (Å²) in [6.45, 7) is 0. The maximum atomic E-state index is 14.0. The smallest absolute Gasteiger partial charge is 0.272 e. The predicted molar refractivity (Wildman–Crippen MR) is 84.8 cm³/mol. The molecule has 22 heavy (non-hydrogen) atoms. The van der Waals surface area contributed by atoms with Gasteiger partial charge in [-0.1, -0.05) is 36.4 Å². The minimum Gasteiger partial charge on any atom is -0.272 e. The van der Waals surface area contributed by atoms with Crippen LogP contribution in [0.15, 0.2) is 71.7 Å². The molecule has 2 heterocycles. The third kappa shape index (κ3) is 1.81. The summed E-state index contributed by atoms with van der Waals surface area (Å²) in [5, 5.41) is 1.58. The molecule has 4 heteroatoms. The van der Waals surface area contributed by atoms with Gasteiger partial charge in [0.2, 0.25) is 0 Å². The number of aromatic nitrogens is 2. The summed E-state index contributed by atoms with van der Waals surface area (Å²) in [4.78, 5) is 16.7. The summed E-state index contributed by atoms with van der Waals surface area (Å²) in [6, 6.07) is 17.8. The van der Waals surface area contributed by atoms with Crippen LogP contribution >= 0.6 is 0 Å². The Bertz CT molecular complexity index is 1060. The Kier molecular flexibility index (Phi) is 2.76. The van der Waals surface area contributed by atoms with Gasteiger partial charge in [-0.2, -0.15) is 0 Å². The second kappa shape index (κ2) is 4.77. The van der Waals surface area contributed by atoms with Crippen molar-refractivity contribution in [1.82, 2.24) is 9.55 Å². The number of hydrogen-bond donors (Lipinski definition) is 0. The fourth-order valence-electron chi connectivity index (χ4n) is 2.74. The zero-order valence-corrected chi connectivity index (χ0v) is 11.5. The van der Waals surface area contributed by atoms with Crippen LogP contribution in [0.3, 0.4) is 0 Å². The summed E-state index contributed by atoms with van der Waals surface area (Å²) in [5.74, 6) is -0.772. The van der Waals surface area contributed by atoms with E-state index in [4.69, 9.17) is 0 Å². The molecule has 0 atom stereocenters. The van der Waals surface area contributed by atoms with E-state index in [0.717, 1.165) is 5.39 Å². The molecule has 0 amide bonds. The lowest BCUT2D eigenvalue weighted by molar-refractivity contribution is 0.605. The zero-order chi connectivity index (χ0) is 15.1. The quantitative estimate of drug-likeness (QED) is 0.536. The van der Waals surface area contributed by atoms with Gasteiger partial charge in [-0.15, -0.1) is 0 Å². The average Bonchev–Trinajstić information content (AvgIpc) is 2.56. The molecule has 0 saturated carbocycles. The van der Waals surface area contributed by atoms with E-state index in [0.29, 0.717) is 22.1 Å². The number of benzene rings is 2. The van der Waals surface area contributed by atoms with Crippen LogP contribution in [0, 0.1) is 5.82 Å². The lowest BCUT2D eigenvalue weighted by Gasteiger charge is -2.12. The van der Waals surface area contributed by atoms with Crippen molar-refractivity contribution in [3.05, 3.63) is 83.0 Å². The normalized spacial score (nSPS) is 11.1. The SMILES string of the molecule is O=c1c(F)cc2ccccc2n1-c1cccc2cccnc12. The number of pyridine rings is 2. The summed E-state index contributed by atoms with van der Waals surface area (Å²) in [6.07, 6.45) is 1.67. The van der Waals surface area contributed by atoms with E-state index < -0.39 is 11.4 Å². The Morgan fingerprint density at radius 1 is 0.909 bits per heavy atom. The van der Waals surface area contributed by atoms with Crippen molar-refractivity contribution in [2.75, 3.05) is 0 Å². The molecule has 0 fully saturated rings. The molecule has 0 N–H and O–H groups in total. The summed E-state index contributed by atoms with van der Waals surface area (Å²) >= 11 is 0. The first-order valence-corrected chi connectivity index (χ1v) is 6.90. The highest BCUT2D eigenvalue weighted by Gasteiger charge is 2.13. The lowest BCUT2D eigenvalue weighted by Crippen LogP contribution is -2.22. The van der Waals surface area contributed by atoms with E-state index in [1.807, 2.05) is 36.4 Å². The van der Waals surface area contributed by atoms with E-state index >= 15 is 0 Å². The van der Waals surface area contributed by atoms with Gasteiger partial charge in [-0.05, 0) is 24.3 Å². The van der Waals surface area contributed by atoms with Crippen molar-refractivity contribution < 1.29 is 4.39 Å².